The molecule has 2 heterocycles. The number of likely N-dealkylation sites (tertiary alicyclic amines) is 1. The third kappa shape index (κ3) is 3.80. The standard InChI is InChI=1S/C21H23N3O3S2/c1-13-11-15(12-19(14(13)2)29(22,26)27)21(25)24-10-6-5-8-17(24)20-23-16-7-3-4-9-18(16)28-20/h3-4,7,9,11-12,17H,5-6,8,10H2,1-2H3,(H2,22,26,27). The lowest BCUT2D eigenvalue weighted by atomic mass is 9.99. The summed E-state index contributed by atoms with van der Waals surface area (Å²) in [5, 5.41) is 6.30. The highest BCUT2D eigenvalue weighted by Gasteiger charge is 2.31. The van der Waals surface area contributed by atoms with Crippen LogP contribution in [0.4, 0.5) is 0 Å². The Kier molecular flexibility index (Phi) is 5.18. The molecule has 0 saturated carbocycles. The number of primary sulfonamides is 1. The van der Waals surface area contributed by atoms with Gasteiger partial charge in [0.1, 0.15) is 5.01 Å². The summed E-state index contributed by atoms with van der Waals surface area (Å²) in [6.07, 6.45) is 2.79. The molecule has 0 bridgehead atoms. The number of para-hydroxylation sites is 1. The number of amides is 1. The van der Waals surface area contributed by atoms with Gasteiger partial charge in [0.05, 0.1) is 21.2 Å². The number of thiazole rings is 1. The molecule has 0 spiro atoms. The van der Waals surface area contributed by atoms with Gasteiger partial charge < -0.3 is 4.90 Å². The molecule has 0 aliphatic carbocycles. The van der Waals surface area contributed by atoms with Gasteiger partial charge in [-0.2, -0.15) is 0 Å². The van der Waals surface area contributed by atoms with E-state index in [1.54, 1.807) is 31.3 Å². The van der Waals surface area contributed by atoms with Crippen LogP contribution in [-0.2, 0) is 10.0 Å². The van der Waals surface area contributed by atoms with E-state index in [0.29, 0.717) is 17.7 Å². The Hall–Kier alpha value is -2.29. The Morgan fingerprint density at radius 1 is 1.21 bits per heavy atom. The molecular formula is C21H23N3O3S2. The number of aromatic nitrogens is 1. The van der Waals surface area contributed by atoms with E-state index in [4.69, 9.17) is 10.1 Å². The number of nitrogens with zero attached hydrogens (tertiary/aromatic N) is 2. The summed E-state index contributed by atoms with van der Waals surface area (Å²) >= 11 is 1.61. The summed E-state index contributed by atoms with van der Waals surface area (Å²) in [7, 11) is -3.91. The third-order valence-electron chi connectivity index (χ3n) is 5.53. The Balaban J connectivity index is 1.74. The fourth-order valence-corrected chi connectivity index (χ4v) is 5.87. The van der Waals surface area contributed by atoms with E-state index in [0.717, 1.165) is 40.1 Å². The van der Waals surface area contributed by atoms with Crippen LogP contribution >= 0.6 is 11.3 Å². The number of piperidine rings is 1. The molecule has 1 unspecified atom stereocenters. The monoisotopic (exact) mass is 429 g/mol. The van der Waals surface area contributed by atoms with Crippen molar-refractivity contribution in [1.82, 2.24) is 9.88 Å². The van der Waals surface area contributed by atoms with E-state index < -0.39 is 10.0 Å². The van der Waals surface area contributed by atoms with Crippen molar-refractivity contribution in [3.8, 4) is 0 Å². The number of aryl methyl sites for hydroxylation is 1. The molecule has 6 nitrogen and oxygen atoms in total. The molecule has 1 saturated heterocycles. The maximum Gasteiger partial charge on any atom is 0.254 e. The van der Waals surface area contributed by atoms with Crippen LogP contribution in [0.2, 0.25) is 0 Å². The van der Waals surface area contributed by atoms with Gasteiger partial charge >= 0.3 is 0 Å². The highest BCUT2D eigenvalue weighted by atomic mass is 32.2. The molecule has 4 rings (SSSR count). The zero-order valence-electron chi connectivity index (χ0n) is 16.4. The zero-order chi connectivity index (χ0) is 20.8. The van der Waals surface area contributed by atoms with Crippen LogP contribution in [0, 0.1) is 13.8 Å². The Morgan fingerprint density at radius 3 is 2.69 bits per heavy atom. The second kappa shape index (κ2) is 7.51. The largest absolute Gasteiger partial charge is 0.329 e. The van der Waals surface area contributed by atoms with E-state index >= 15 is 0 Å². The van der Waals surface area contributed by atoms with Crippen LogP contribution in [-0.4, -0.2) is 30.8 Å². The first kappa shape index (κ1) is 20.0. The molecule has 8 heteroatoms. The van der Waals surface area contributed by atoms with Crippen LogP contribution in [0.1, 0.15) is 51.8 Å². The highest BCUT2D eigenvalue weighted by Crippen LogP contribution is 2.36. The van der Waals surface area contributed by atoms with Gasteiger partial charge in [0.15, 0.2) is 0 Å². The van der Waals surface area contributed by atoms with Gasteiger partial charge in [-0.3, -0.25) is 4.79 Å². The molecule has 1 aliphatic rings. The van der Waals surface area contributed by atoms with Crippen molar-refractivity contribution >= 4 is 37.5 Å². The van der Waals surface area contributed by atoms with Crippen molar-refractivity contribution in [2.24, 2.45) is 5.14 Å². The molecule has 1 atom stereocenters. The summed E-state index contributed by atoms with van der Waals surface area (Å²) in [4.78, 5) is 20.0. The number of hydrogen-bond acceptors (Lipinski definition) is 5. The molecule has 2 N–H and O–H groups in total. The van der Waals surface area contributed by atoms with Crippen molar-refractivity contribution in [3.05, 3.63) is 58.1 Å². The van der Waals surface area contributed by atoms with Gasteiger partial charge in [-0.15, -0.1) is 11.3 Å². The number of rotatable bonds is 3. The predicted molar refractivity (Wildman–Crippen MR) is 115 cm³/mol. The first-order valence-corrected chi connectivity index (χ1v) is 11.9. The van der Waals surface area contributed by atoms with Crippen LogP contribution in [0.3, 0.4) is 0 Å². The summed E-state index contributed by atoms with van der Waals surface area (Å²) < 4.78 is 25.1. The van der Waals surface area contributed by atoms with Crippen LogP contribution in [0.25, 0.3) is 10.2 Å². The quantitative estimate of drug-likeness (QED) is 0.683. The summed E-state index contributed by atoms with van der Waals surface area (Å²) in [5.41, 5.74) is 2.59. The van der Waals surface area contributed by atoms with Gasteiger partial charge in [-0.25, -0.2) is 18.5 Å². The number of sulfonamides is 1. The first-order chi connectivity index (χ1) is 13.8. The Bertz CT molecular complexity index is 1170. The number of hydrogen-bond donors (Lipinski definition) is 1. The maximum atomic E-state index is 13.4. The van der Waals surface area contributed by atoms with Crippen LogP contribution in [0.5, 0.6) is 0 Å². The fraction of sp³-hybridized carbons (Fsp3) is 0.333. The number of carbonyl (C=O) groups excluding carboxylic acids is 1. The van der Waals surface area contributed by atoms with Crippen LogP contribution < -0.4 is 5.14 Å². The third-order valence-corrected chi connectivity index (χ3v) is 7.71. The second-order valence-corrected chi connectivity index (χ2v) is 10.1. The zero-order valence-corrected chi connectivity index (χ0v) is 18.0. The fourth-order valence-electron chi connectivity index (χ4n) is 3.88. The number of fused-ring (bicyclic) bond motifs is 1. The van der Waals surface area contributed by atoms with E-state index in [2.05, 4.69) is 0 Å². The number of nitrogens with two attached hydrogens (primary N) is 1. The topological polar surface area (TPSA) is 93.4 Å². The van der Waals surface area contributed by atoms with Crippen molar-refractivity contribution in [2.45, 2.75) is 44.0 Å². The second-order valence-electron chi connectivity index (χ2n) is 7.49. The van der Waals surface area contributed by atoms with Gasteiger partial charge in [-0.05, 0) is 68.5 Å². The van der Waals surface area contributed by atoms with E-state index in [9.17, 15) is 13.2 Å². The van der Waals surface area contributed by atoms with Gasteiger partial charge in [0, 0.05) is 12.1 Å². The summed E-state index contributed by atoms with van der Waals surface area (Å²) in [6, 6.07) is 11.0. The number of benzene rings is 2. The lowest BCUT2D eigenvalue weighted by Gasteiger charge is -2.34. The van der Waals surface area contributed by atoms with Crippen molar-refractivity contribution in [1.29, 1.82) is 0 Å². The molecule has 0 radical (unpaired) electrons. The highest BCUT2D eigenvalue weighted by molar-refractivity contribution is 7.89. The molecule has 1 aliphatic heterocycles. The minimum absolute atomic E-state index is 0.00870. The van der Waals surface area contributed by atoms with Gasteiger partial charge in [0.2, 0.25) is 10.0 Å². The molecule has 1 amide bonds. The van der Waals surface area contributed by atoms with Crippen LogP contribution in [0.15, 0.2) is 41.3 Å². The van der Waals surface area contributed by atoms with Crippen molar-refractivity contribution in [2.75, 3.05) is 6.54 Å². The normalized spacial score (nSPS) is 17.6. The maximum absolute atomic E-state index is 13.4. The minimum Gasteiger partial charge on any atom is -0.329 e. The van der Waals surface area contributed by atoms with E-state index in [1.807, 2.05) is 29.2 Å². The number of carbonyl (C=O) groups is 1. The van der Waals surface area contributed by atoms with Gasteiger partial charge in [-0.1, -0.05) is 12.1 Å². The molecule has 29 heavy (non-hydrogen) atoms. The molecule has 1 aromatic heterocycles. The molecule has 2 aromatic carbocycles. The van der Waals surface area contributed by atoms with Crippen molar-refractivity contribution < 1.29 is 13.2 Å². The summed E-state index contributed by atoms with van der Waals surface area (Å²) in [6.45, 7) is 4.12. The first-order valence-electron chi connectivity index (χ1n) is 9.56. The lowest BCUT2D eigenvalue weighted by molar-refractivity contribution is 0.0611. The van der Waals surface area contributed by atoms with E-state index in [1.165, 1.54) is 6.07 Å². The molecular weight excluding hydrogens is 406 g/mol. The Morgan fingerprint density at radius 2 is 1.97 bits per heavy atom. The van der Waals surface area contributed by atoms with Gasteiger partial charge in [0.25, 0.3) is 5.91 Å². The lowest BCUT2D eigenvalue weighted by Crippen LogP contribution is -2.38. The molecule has 3 aromatic rings. The smallest absolute Gasteiger partial charge is 0.254 e. The molecule has 1 fully saturated rings. The Labute approximate surface area is 174 Å². The predicted octanol–water partition coefficient (Wildman–Crippen LogP) is 3.93. The SMILES string of the molecule is Cc1cc(C(=O)N2CCCCC2c2nc3ccccc3s2)cc(S(N)(=O)=O)c1C. The van der Waals surface area contributed by atoms with Crippen molar-refractivity contribution in [3.63, 3.8) is 0 Å². The average Bonchev–Trinajstić information content (AvgIpc) is 3.12. The minimum atomic E-state index is -3.91. The summed E-state index contributed by atoms with van der Waals surface area (Å²) in [5.74, 6) is -0.179. The average molecular weight is 430 g/mol. The molecule has 152 valence electrons. The van der Waals surface area contributed by atoms with E-state index in [-0.39, 0.29) is 16.8 Å².